The number of hydrogen-bond acceptors (Lipinski definition) is 4. The Morgan fingerprint density at radius 3 is 2.62 bits per heavy atom. The second-order valence-electron chi connectivity index (χ2n) is 5.59. The van der Waals surface area contributed by atoms with Crippen LogP contribution in [0.4, 0.5) is 0 Å². The van der Waals surface area contributed by atoms with Crippen LogP contribution in [0.2, 0.25) is 0 Å². The molecule has 0 aliphatic carbocycles. The van der Waals surface area contributed by atoms with E-state index in [2.05, 4.69) is 25.8 Å². The highest BCUT2D eigenvalue weighted by atomic mass is 79.9. The summed E-state index contributed by atoms with van der Waals surface area (Å²) in [6.07, 6.45) is 3.58. The van der Waals surface area contributed by atoms with Crippen LogP contribution in [-0.4, -0.2) is 25.3 Å². The highest BCUT2D eigenvalue weighted by Gasteiger charge is 2.20. The summed E-state index contributed by atoms with van der Waals surface area (Å²) in [5, 5.41) is 4.20. The lowest BCUT2D eigenvalue weighted by atomic mass is 10.1. The van der Waals surface area contributed by atoms with Gasteiger partial charge in [-0.05, 0) is 35.4 Å². The van der Waals surface area contributed by atoms with Crippen molar-refractivity contribution in [2.45, 2.75) is 18.0 Å². The molecule has 0 radical (unpaired) electrons. The van der Waals surface area contributed by atoms with Crippen LogP contribution in [0.5, 0.6) is 5.75 Å². The summed E-state index contributed by atoms with van der Waals surface area (Å²) in [4.78, 5) is 0.0962. The molecule has 1 heterocycles. The number of ether oxygens (including phenoxy) is 1. The number of nitrogens with zero attached hydrogens (tertiary/aromatic N) is 2. The van der Waals surface area contributed by atoms with Gasteiger partial charge >= 0.3 is 0 Å². The van der Waals surface area contributed by atoms with Gasteiger partial charge < -0.3 is 4.74 Å². The average Bonchev–Trinajstić information content (AvgIpc) is 3.14. The fourth-order valence-electron chi connectivity index (χ4n) is 2.56. The van der Waals surface area contributed by atoms with E-state index in [0.717, 1.165) is 11.1 Å². The van der Waals surface area contributed by atoms with E-state index >= 15 is 0 Å². The highest BCUT2D eigenvalue weighted by Crippen LogP contribution is 2.27. The summed E-state index contributed by atoms with van der Waals surface area (Å²) in [6, 6.07) is 14.4. The van der Waals surface area contributed by atoms with Gasteiger partial charge in [-0.2, -0.15) is 5.10 Å². The number of sulfonamides is 1. The average molecular weight is 436 g/mol. The molecule has 0 atom stereocenters. The predicted molar refractivity (Wildman–Crippen MR) is 102 cm³/mol. The molecule has 1 N–H and O–H groups in total. The number of halogens is 1. The molecule has 0 fully saturated rings. The minimum atomic E-state index is -3.73. The molecule has 0 saturated heterocycles. The highest BCUT2D eigenvalue weighted by molar-refractivity contribution is 9.10. The molecular formula is C18H18BrN3O3S. The van der Waals surface area contributed by atoms with Crippen molar-refractivity contribution in [3.05, 3.63) is 76.5 Å². The summed E-state index contributed by atoms with van der Waals surface area (Å²) in [5.41, 5.74) is 1.89. The van der Waals surface area contributed by atoms with Gasteiger partial charge in [-0.25, -0.2) is 13.1 Å². The summed E-state index contributed by atoms with van der Waals surface area (Å²) in [7, 11) is -2.28. The molecule has 3 aromatic rings. The summed E-state index contributed by atoms with van der Waals surface area (Å²) < 4.78 is 35.8. The van der Waals surface area contributed by atoms with Crippen LogP contribution in [0.3, 0.4) is 0 Å². The molecule has 0 amide bonds. The van der Waals surface area contributed by atoms with Crippen molar-refractivity contribution < 1.29 is 13.2 Å². The third-order valence-electron chi connectivity index (χ3n) is 3.88. The Kier molecular flexibility index (Phi) is 5.75. The van der Waals surface area contributed by atoms with Crippen molar-refractivity contribution in [3.63, 3.8) is 0 Å². The zero-order valence-corrected chi connectivity index (χ0v) is 16.5. The van der Waals surface area contributed by atoms with Crippen LogP contribution in [0.25, 0.3) is 0 Å². The van der Waals surface area contributed by atoms with Gasteiger partial charge in [0.15, 0.2) is 0 Å². The lowest BCUT2D eigenvalue weighted by Gasteiger charge is -2.13. The predicted octanol–water partition coefficient (Wildman–Crippen LogP) is 3.18. The lowest BCUT2D eigenvalue weighted by Crippen LogP contribution is -2.24. The van der Waals surface area contributed by atoms with Crippen molar-refractivity contribution >= 4 is 26.0 Å². The van der Waals surface area contributed by atoms with E-state index in [1.807, 2.05) is 36.5 Å². The summed E-state index contributed by atoms with van der Waals surface area (Å²) in [6.45, 7) is 0.751. The smallest absolute Gasteiger partial charge is 0.244 e. The largest absolute Gasteiger partial charge is 0.495 e. The van der Waals surface area contributed by atoms with Crippen LogP contribution < -0.4 is 9.46 Å². The van der Waals surface area contributed by atoms with E-state index in [0.29, 0.717) is 16.8 Å². The number of hydrogen-bond donors (Lipinski definition) is 1. The third kappa shape index (κ3) is 4.32. The fourth-order valence-corrected chi connectivity index (χ4v) is 4.28. The Hall–Kier alpha value is -2.16. The van der Waals surface area contributed by atoms with Gasteiger partial charge in [-0.3, -0.25) is 4.68 Å². The van der Waals surface area contributed by atoms with E-state index in [4.69, 9.17) is 4.74 Å². The summed E-state index contributed by atoms with van der Waals surface area (Å²) >= 11 is 3.30. The molecule has 0 unspecified atom stereocenters. The molecule has 1 aromatic heterocycles. The fraction of sp³-hybridized carbons (Fsp3) is 0.167. The third-order valence-corrected chi connectivity index (χ3v) is 5.79. The number of methoxy groups -OCH3 is 1. The Balaban J connectivity index is 1.82. The van der Waals surface area contributed by atoms with Crippen molar-refractivity contribution in [3.8, 4) is 5.75 Å². The lowest BCUT2D eigenvalue weighted by molar-refractivity contribution is 0.402. The van der Waals surface area contributed by atoms with E-state index in [9.17, 15) is 8.42 Å². The first-order valence-corrected chi connectivity index (χ1v) is 10.1. The first-order chi connectivity index (χ1) is 12.5. The quantitative estimate of drug-likeness (QED) is 0.618. The molecule has 26 heavy (non-hydrogen) atoms. The number of aromatic nitrogens is 2. The minimum Gasteiger partial charge on any atom is -0.495 e. The van der Waals surface area contributed by atoms with Crippen LogP contribution in [0, 0.1) is 0 Å². The van der Waals surface area contributed by atoms with E-state index in [-0.39, 0.29) is 11.4 Å². The standard InChI is InChI=1S/C18H18BrN3O3S/c1-25-17-8-7-16(19)11-18(17)26(23,24)21-12-14-5-2-3-6-15(14)13-22-10-4-9-20-22/h2-11,21H,12-13H2,1H3. The number of rotatable bonds is 7. The van der Waals surface area contributed by atoms with Gasteiger partial charge in [-0.1, -0.05) is 40.2 Å². The van der Waals surface area contributed by atoms with Crippen molar-refractivity contribution in [1.29, 1.82) is 0 Å². The van der Waals surface area contributed by atoms with Gasteiger partial charge in [0.05, 0.1) is 13.7 Å². The number of benzene rings is 2. The van der Waals surface area contributed by atoms with Crippen molar-refractivity contribution in [2.75, 3.05) is 7.11 Å². The molecule has 0 bridgehead atoms. The molecule has 0 spiro atoms. The van der Waals surface area contributed by atoms with Gasteiger partial charge in [0.1, 0.15) is 10.6 Å². The second-order valence-corrected chi connectivity index (χ2v) is 8.24. The maximum absolute atomic E-state index is 12.7. The normalized spacial score (nSPS) is 11.5. The first-order valence-electron chi connectivity index (χ1n) is 7.87. The zero-order valence-electron chi connectivity index (χ0n) is 14.1. The van der Waals surface area contributed by atoms with E-state index < -0.39 is 10.0 Å². The van der Waals surface area contributed by atoms with Gasteiger partial charge in [0, 0.05) is 23.4 Å². The maximum Gasteiger partial charge on any atom is 0.244 e. The monoisotopic (exact) mass is 435 g/mol. The molecule has 136 valence electrons. The Morgan fingerprint density at radius 1 is 1.15 bits per heavy atom. The maximum atomic E-state index is 12.7. The van der Waals surface area contributed by atoms with E-state index in [1.165, 1.54) is 13.2 Å². The molecule has 0 saturated carbocycles. The first kappa shape index (κ1) is 18.6. The molecule has 0 aliphatic rings. The van der Waals surface area contributed by atoms with Crippen molar-refractivity contribution in [2.24, 2.45) is 0 Å². The second kappa shape index (κ2) is 8.03. The molecule has 0 aliphatic heterocycles. The SMILES string of the molecule is COc1ccc(Br)cc1S(=O)(=O)NCc1ccccc1Cn1cccn1. The molecule has 3 rings (SSSR count). The summed E-state index contributed by atoms with van der Waals surface area (Å²) in [5.74, 6) is 0.297. The van der Waals surface area contributed by atoms with E-state index in [1.54, 1.807) is 23.0 Å². The zero-order chi connectivity index (χ0) is 18.6. The van der Waals surface area contributed by atoms with Crippen LogP contribution in [0.15, 0.2) is 70.3 Å². The molecule has 8 heteroatoms. The Labute approximate surface area is 161 Å². The van der Waals surface area contributed by atoms with Gasteiger partial charge in [-0.15, -0.1) is 0 Å². The Morgan fingerprint density at radius 2 is 1.92 bits per heavy atom. The van der Waals surface area contributed by atoms with Crippen LogP contribution in [-0.2, 0) is 23.1 Å². The molecule has 6 nitrogen and oxygen atoms in total. The Bertz CT molecular complexity index is 989. The number of nitrogens with one attached hydrogen (secondary N) is 1. The molecular weight excluding hydrogens is 418 g/mol. The molecule has 2 aromatic carbocycles. The topological polar surface area (TPSA) is 73.2 Å². The van der Waals surface area contributed by atoms with Gasteiger partial charge in [0.25, 0.3) is 0 Å². The van der Waals surface area contributed by atoms with Crippen LogP contribution >= 0.6 is 15.9 Å². The van der Waals surface area contributed by atoms with Gasteiger partial charge in [0.2, 0.25) is 10.0 Å². The minimum absolute atomic E-state index is 0.0962. The van der Waals surface area contributed by atoms with Crippen molar-refractivity contribution in [1.82, 2.24) is 14.5 Å². The van der Waals surface area contributed by atoms with Crippen LogP contribution in [0.1, 0.15) is 11.1 Å².